The number of piperazine rings is 1. The average molecular weight is 293 g/mol. The zero-order valence-corrected chi connectivity index (χ0v) is 12.4. The monoisotopic (exact) mass is 293 g/mol. The second-order valence-electron chi connectivity index (χ2n) is 5.23. The minimum absolute atomic E-state index is 0.00520. The number of hydrogen-bond donors (Lipinski definition) is 1. The summed E-state index contributed by atoms with van der Waals surface area (Å²) < 4.78 is 14.0. The van der Waals surface area contributed by atoms with Gasteiger partial charge in [-0.3, -0.25) is 9.59 Å². The van der Waals surface area contributed by atoms with Crippen molar-refractivity contribution in [2.75, 3.05) is 39.8 Å². The van der Waals surface area contributed by atoms with E-state index in [1.54, 1.807) is 24.0 Å². The van der Waals surface area contributed by atoms with Gasteiger partial charge in [0.05, 0.1) is 12.1 Å². The van der Waals surface area contributed by atoms with Crippen molar-refractivity contribution in [1.29, 1.82) is 0 Å². The van der Waals surface area contributed by atoms with Crippen molar-refractivity contribution in [3.8, 4) is 0 Å². The molecule has 0 spiro atoms. The van der Waals surface area contributed by atoms with E-state index >= 15 is 0 Å². The minimum Gasteiger partial charge on any atom is -0.339 e. The van der Waals surface area contributed by atoms with E-state index in [4.69, 9.17) is 0 Å². The summed E-state index contributed by atoms with van der Waals surface area (Å²) in [5.41, 5.74) is 0.424. The van der Waals surface area contributed by atoms with Gasteiger partial charge in [0.15, 0.2) is 0 Å². The number of aryl methyl sites for hydroxylation is 1. The van der Waals surface area contributed by atoms with Crippen LogP contribution >= 0.6 is 0 Å². The van der Waals surface area contributed by atoms with Crippen LogP contribution in [0.5, 0.6) is 0 Å². The largest absolute Gasteiger partial charge is 0.339 e. The number of nitrogens with one attached hydrogen (secondary N) is 1. The van der Waals surface area contributed by atoms with Crippen LogP contribution in [0.4, 0.5) is 4.39 Å². The van der Waals surface area contributed by atoms with Gasteiger partial charge in [-0.05, 0) is 18.6 Å². The number of likely N-dealkylation sites (N-methyl/N-ethyl adjacent to an activating group) is 1. The van der Waals surface area contributed by atoms with Gasteiger partial charge in [-0.1, -0.05) is 12.1 Å². The van der Waals surface area contributed by atoms with Gasteiger partial charge in [0.2, 0.25) is 5.91 Å². The summed E-state index contributed by atoms with van der Waals surface area (Å²) in [5.74, 6) is -1.11. The Kier molecular flexibility index (Phi) is 4.90. The molecule has 2 amide bonds. The Morgan fingerprint density at radius 3 is 2.67 bits per heavy atom. The molecule has 6 heteroatoms. The highest BCUT2D eigenvalue weighted by Crippen LogP contribution is 2.13. The van der Waals surface area contributed by atoms with E-state index in [2.05, 4.69) is 5.32 Å². The first-order valence-electron chi connectivity index (χ1n) is 7.00. The van der Waals surface area contributed by atoms with Gasteiger partial charge < -0.3 is 15.1 Å². The van der Waals surface area contributed by atoms with E-state index in [1.807, 2.05) is 0 Å². The number of amides is 2. The number of halogens is 1. The first-order valence-corrected chi connectivity index (χ1v) is 7.00. The molecule has 0 aromatic heterocycles. The zero-order valence-electron chi connectivity index (χ0n) is 12.4. The second-order valence-corrected chi connectivity index (χ2v) is 5.23. The maximum Gasteiger partial charge on any atom is 0.257 e. The molecule has 0 radical (unpaired) electrons. The molecule has 0 saturated carbocycles. The molecule has 1 N–H and O–H groups in total. The number of hydrogen-bond acceptors (Lipinski definition) is 3. The summed E-state index contributed by atoms with van der Waals surface area (Å²) in [6.45, 7) is 4.37. The Hall–Kier alpha value is -1.95. The topological polar surface area (TPSA) is 52.7 Å². The molecule has 1 aliphatic rings. The smallest absolute Gasteiger partial charge is 0.257 e. The first kappa shape index (κ1) is 15.4. The summed E-state index contributed by atoms with van der Waals surface area (Å²) >= 11 is 0. The molecule has 0 atom stereocenters. The van der Waals surface area contributed by atoms with Gasteiger partial charge in [0, 0.05) is 33.2 Å². The van der Waals surface area contributed by atoms with Crippen molar-refractivity contribution in [1.82, 2.24) is 15.1 Å². The van der Waals surface area contributed by atoms with Crippen LogP contribution in [-0.2, 0) is 4.79 Å². The SMILES string of the molecule is Cc1cccc(C(=O)N(C)CC(=O)N2CCNCC2)c1F. The average Bonchev–Trinajstić information content (AvgIpc) is 2.50. The van der Waals surface area contributed by atoms with Crippen LogP contribution in [0.1, 0.15) is 15.9 Å². The fourth-order valence-electron chi connectivity index (χ4n) is 2.31. The quantitative estimate of drug-likeness (QED) is 0.890. The highest BCUT2D eigenvalue weighted by Gasteiger charge is 2.22. The van der Waals surface area contributed by atoms with Crippen LogP contribution < -0.4 is 5.32 Å². The Balaban J connectivity index is 2.02. The summed E-state index contributed by atoms with van der Waals surface area (Å²) in [6, 6.07) is 4.69. The molecule has 21 heavy (non-hydrogen) atoms. The van der Waals surface area contributed by atoms with E-state index in [0.717, 1.165) is 13.1 Å². The molecule has 1 heterocycles. The van der Waals surface area contributed by atoms with Crippen LogP contribution in [0.15, 0.2) is 18.2 Å². The van der Waals surface area contributed by atoms with E-state index in [-0.39, 0.29) is 18.0 Å². The van der Waals surface area contributed by atoms with Gasteiger partial charge in [0.25, 0.3) is 5.91 Å². The lowest BCUT2D eigenvalue weighted by molar-refractivity contribution is -0.132. The summed E-state index contributed by atoms with van der Waals surface area (Å²) in [6.07, 6.45) is 0. The van der Waals surface area contributed by atoms with E-state index in [1.165, 1.54) is 18.0 Å². The zero-order chi connectivity index (χ0) is 15.4. The third-order valence-corrected chi connectivity index (χ3v) is 3.61. The third kappa shape index (κ3) is 3.58. The Morgan fingerprint density at radius 2 is 2.00 bits per heavy atom. The Labute approximate surface area is 123 Å². The van der Waals surface area contributed by atoms with Crippen LogP contribution in [0, 0.1) is 12.7 Å². The summed E-state index contributed by atoms with van der Waals surface area (Å²) in [5, 5.41) is 3.16. The van der Waals surface area contributed by atoms with Crippen molar-refractivity contribution >= 4 is 11.8 Å². The highest BCUT2D eigenvalue weighted by molar-refractivity contribution is 5.96. The van der Waals surface area contributed by atoms with Crippen LogP contribution in [0.3, 0.4) is 0 Å². The molecule has 1 saturated heterocycles. The molecule has 1 aromatic carbocycles. The van der Waals surface area contributed by atoms with Crippen molar-refractivity contribution in [2.24, 2.45) is 0 Å². The molecule has 5 nitrogen and oxygen atoms in total. The summed E-state index contributed by atoms with van der Waals surface area (Å²) in [4.78, 5) is 27.3. The lowest BCUT2D eigenvalue weighted by Gasteiger charge is -2.29. The van der Waals surface area contributed by atoms with Gasteiger partial charge in [-0.25, -0.2) is 4.39 Å². The molecule has 114 valence electrons. The number of carbonyl (C=O) groups is 2. The van der Waals surface area contributed by atoms with Crippen molar-refractivity contribution in [2.45, 2.75) is 6.92 Å². The van der Waals surface area contributed by atoms with E-state index in [9.17, 15) is 14.0 Å². The van der Waals surface area contributed by atoms with E-state index < -0.39 is 11.7 Å². The lowest BCUT2D eigenvalue weighted by Crippen LogP contribution is -2.49. The maximum absolute atomic E-state index is 14.0. The minimum atomic E-state index is -0.524. The van der Waals surface area contributed by atoms with Crippen molar-refractivity contribution in [3.05, 3.63) is 35.1 Å². The fraction of sp³-hybridized carbons (Fsp3) is 0.467. The lowest BCUT2D eigenvalue weighted by atomic mass is 10.1. The molecular weight excluding hydrogens is 273 g/mol. The van der Waals surface area contributed by atoms with Crippen LogP contribution in [-0.4, -0.2) is 61.4 Å². The van der Waals surface area contributed by atoms with Gasteiger partial charge in [-0.2, -0.15) is 0 Å². The molecule has 1 fully saturated rings. The maximum atomic E-state index is 14.0. The normalized spacial score (nSPS) is 14.9. The molecule has 1 aromatic rings. The second kappa shape index (κ2) is 6.67. The van der Waals surface area contributed by atoms with Crippen molar-refractivity contribution in [3.63, 3.8) is 0 Å². The molecule has 0 unspecified atom stereocenters. The molecular formula is C15H20FN3O2. The van der Waals surface area contributed by atoms with Crippen LogP contribution in [0.25, 0.3) is 0 Å². The first-order chi connectivity index (χ1) is 10.0. The van der Waals surface area contributed by atoms with Gasteiger partial charge in [0.1, 0.15) is 5.82 Å². The van der Waals surface area contributed by atoms with Gasteiger partial charge >= 0.3 is 0 Å². The van der Waals surface area contributed by atoms with Crippen molar-refractivity contribution < 1.29 is 14.0 Å². The standard InChI is InChI=1S/C15H20FN3O2/c1-11-4-3-5-12(14(11)16)15(21)18(2)10-13(20)19-8-6-17-7-9-19/h3-5,17H,6-10H2,1-2H3. The van der Waals surface area contributed by atoms with Crippen LogP contribution in [0.2, 0.25) is 0 Å². The van der Waals surface area contributed by atoms with Gasteiger partial charge in [-0.15, -0.1) is 0 Å². The molecule has 1 aliphatic heterocycles. The number of rotatable bonds is 3. The molecule has 0 bridgehead atoms. The Morgan fingerprint density at radius 1 is 1.33 bits per heavy atom. The molecule has 2 rings (SSSR count). The molecule has 0 aliphatic carbocycles. The number of nitrogens with zero attached hydrogens (tertiary/aromatic N) is 2. The predicted octanol–water partition coefficient (Wildman–Crippen LogP) is 0.638. The van der Waals surface area contributed by atoms with E-state index in [0.29, 0.717) is 18.7 Å². The Bertz CT molecular complexity index is 542. The highest BCUT2D eigenvalue weighted by atomic mass is 19.1. The fourth-order valence-corrected chi connectivity index (χ4v) is 2.31. The number of benzene rings is 1. The number of carbonyl (C=O) groups excluding carboxylic acids is 2. The summed E-state index contributed by atoms with van der Waals surface area (Å²) in [7, 11) is 1.52. The predicted molar refractivity (Wildman–Crippen MR) is 77.5 cm³/mol. The third-order valence-electron chi connectivity index (χ3n) is 3.61.